The molecule has 0 radical (unpaired) electrons. The third-order valence-electron chi connectivity index (χ3n) is 3.80. The molecule has 4 rings (SSSR count). The van der Waals surface area contributed by atoms with Crippen molar-refractivity contribution in [2.45, 2.75) is 22.4 Å². The molecule has 2 aromatic heterocycles. The van der Waals surface area contributed by atoms with Gasteiger partial charge in [0.25, 0.3) is 0 Å². The van der Waals surface area contributed by atoms with Gasteiger partial charge in [0.05, 0.1) is 5.25 Å². The summed E-state index contributed by atoms with van der Waals surface area (Å²) in [7, 11) is 0. The van der Waals surface area contributed by atoms with Crippen molar-refractivity contribution >= 4 is 34.7 Å². The Morgan fingerprint density at radius 3 is 2.96 bits per heavy atom. The van der Waals surface area contributed by atoms with Gasteiger partial charge < -0.3 is 5.32 Å². The zero-order valence-electron chi connectivity index (χ0n) is 12.7. The number of benzene rings is 1. The number of anilines is 1. The van der Waals surface area contributed by atoms with E-state index in [-0.39, 0.29) is 11.2 Å². The van der Waals surface area contributed by atoms with Crippen molar-refractivity contribution < 1.29 is 4.79 Å². The van der Waals surface area contributed by atoms with E-state index in [0.29, 0.717) is 0 Å². The van der Waals surface area contributed by atoms with Gasteiger partial charge in [-0.25, -0.2) is 0 Å². The Balaban J connectivity index is 1.50. The Labute approximate surface area is 147 Å². The van der Waals surface area contributed by atoms with Gasteiger partial charge in [0.2, 0.25) is 5.91 Å². The summed E-state index contributed by atoms with van der Waals surface area (Å²) in [6, 6.07) is 11.8. The van der Waals surface area contributed by atoms with Crippen LogP contribution in [0, 0.1) is 0 Å². The molecular formula is C17H14N4OS2. The van der Waals surface area contributed by atoms with E-state index < -0.39 is 0 Å². The van der Waals surface area contributed by atoms with E-state index in [1.165, 1.54) is 28.7 Å². The van der Waals surface area contributed by atoms with Crippen LogP contribution in [0.2, 0.25) is 0 Å². The molecule has 0 saturated heterocycles. The lowest BCUT2D eigenvalue weighted by molar-refractivity contribution is -0.115. The van der Waals surface area contributed by atoms with Crippen molar-refractivity contribution in [1.82, 2.24) is 15.2 Å². The molecule has 0 spiro atoms. The van der Waals surface area contributed by atoms with E-state index in [1.807, 2.05) is 30.3 Å². The van der Waals surface area contributed by atoms with Crippen LogP contribution in [-0.4, -0.2) is 26.3 Å². The van der Waals surface area contributed by atoms with Crippen molar-refractivity contribution in [3.05, 3.63) is 54.4 Å². The molecule has 7 heteroatoms. The number of amides is 1. The fourth-order valence-corrected chi connectivity index (χ4v) is 4.67. The Hall–Kier alpha value is -2.25. The molecule has 1 aliphatic heterocycles. The predicted octanol–water partition coefficient (Wildman–Crippen LogP) is 3.65. The normalized spacial score (nSPS) is 17.0. The van der Waals surface area contributed by atoms with E-state index in [0.717, 1.165) is 33.4 Å². The molecule has 1 N–H and O–H groups in total. The summed E-state index contributed by atoms with van der Waals surface area (Å²) in [5.41, 5.74) is 3.04. The van der Waals surface area contributed by atoms with Crippen molar-refractivity contribution in [2.75, 3.05) is 5.32 Å². The minimum absolute atomic E-state index is 0.0306. The number of carbonyl (C=O) groups is 1. The lowest BCUT2D eigenvalue weighted by Crippen LogP contribution is -2.23. The van der Waals surface area contributed by atoms with Crippen LogP contribution >= 0.6 is 23.1 Å². The summed E-state index contributed by atoms with van der Waals surface area (Å²) in [4.78, 5) is 16.6. The van der Waals surface area contributed by atoms with Crippen LogP contribution < -0.4 is 5.32 Å². The summed E-state index contributed by atoms with van der Waals surface area (Å²) in [6.07, 6.45) is 5.16. The lowest BCUT2D eigenvalue weighted by Gasteiger charge is -2.10. The van der Waals surface area contributed by atoms with Crippen LogP contribution in [-0.2, 0) is 11.2 Å². The molecule has 5 nitrogen and oxygen atoms in total. The summed E-state index contributed by atoms with van der Waals surface area (Å²) in [5.74, 6) is 0.0306. The first-order valence-corrected chi connectivity index (χ1v) is 9.28. The monoisotopic (exact) mass is 354 g/mol. The predicted molar refractivity (Wildman–Crippen MR) is 96.2 cm³/mol. The minimum Gasteiger partial charge on any atom is -0.325 e. The zero-order valence-corrected chi connectivity index (χ0v) is 14.3. The number of pyridine rings is 1. The van der Waals surface area contributed by atoms with Crippen LogP contribution in [0.5, 0.6) is 0 Å². The number of aromatic nitrogens is 3. The Morgan fingerprint density at radius 1 is 1.17 bits per heavy atom. The molecule has 1 unspecified atom stereocenters. The minimum atomic E-state index is -0.160. The fraction of sp³-hybridized carbons (Fsp3) is 0.176. The molecule has 1 atom stereocenters. The SMILES string of the molecule is O=C1Nc2ccccc2CCC1Sc1nnc(-c2cccnc2)s1. The second-order valence-electron chi connectivity index (χ2n) is 5.41. The molecule has 24 heavy (non-hydrogen) atoms. The lowest BCUT2D eigenvalue weighted by atomic mass is 10.1. The molecule has 3 aromatic rings. The number of para-hydroxylation sites is 1. The van der Waals surface area contributed by atoms with Gasteiger partial charge >= 0.3 is 0 Å². The van der Waals surface area contributed by atoms with Crippen molar-refractivity contribution in [3.63, 3.8) is 0 Å². The molecule has 120 valence electrons. The van der Waals surface area contributed by atoms with Crippen LogP contribution in [0.15, 0.2) is 53.1 Å². The highest BCUT2D eigenvalue weighted by Gasteiger charge is 2.25. The molecule has 0 saturated carbocycles. The van der Waals surface area contributed by atoms with Gasteiger partial charge in [0.1, 0.15) is 5.01 Å². The first-order valence-electron chi connectivity index (χ1n) is 7.59. The molecule has 1 aromatic carbocycles. The maximum atomic E-state index is 12.5. The average molecular weight is 354 g/mol. The van der Waals surface area contributed by atoms with E-state index in [1.54, 1.807) is 12.4 Å². The number of hydrogen-bond donors (Lipinski definition) is 1. The molecule has 0 aliphatic carbocycles. The summed E-state index contributed by atoms with van der Waals surface area (Å²) < 4.78 is 0.806. The van der Waals surface area contributed by atoms with E-state index >= 15 is 0 Å². The number of nitrogens with one attached hydrogen (secondary N) is 1. The quantitative estimate of drug-likeness (QED) is 0.778. The van der Waals surface area contributed by atoms with Crippen molar-refractivity contribution in [2.24, 2.45) is 0 Å². The fourth-order valence-electron chi connectivity index (χ4n) is 2.59. The molecule has 3 heterocycles. The molecular weight excluding hydrogens is 340 g/mol. The van der Waals surface area contributed by atoms with Crippen LogP contribution in [0.1, 0.15) is 12.0 Å². The number of fused-ring (bicyclic) bond motifs is 1. The largest absolute Gasteiger partial charge is 0.325 e. The standard InChI is InChI=1S/C17H14N4OS2/c22-15-14(8-7-11-4-1-2-6-13(11)19-15)23-17-21-20-16(24-17)12-5-3-9-18-10-12/h1-6,9-10,14H,7-8H2,(H,19,22). The Bertz CT molecular complexity index is 866. The van der Waals surface area contributed by atoms with Crippen LogP contribution in [0.4, 0.5) is 5.69 Å². The highest BCUT2D eigenvalue weighted by atomic mass is 32.2. The summed E-state index contributed by atoms with van der Waals surface area (Å²) in [5, 5.41) is 12.1. The smallest absolute Gasteiger partial charge is 0.237 e. The number of hydrogen-bond acceptors (Lipinski definition) is 6. The molecule has 1 amide bonds. The van der Waals surface area contributed by atoms with E-state index in [4.69, 9.17) is 0 Å². The topological polar surface area (TPSA) is 67.8 Å². The number of rotatable bonds is 3. The number of aryl methyl sites for hydroxylation is 1. The molecule has 0 bridgehead atoms. The third-order valence-corrected chi connectivity index (χ3v) is 6.12. The van der Waals surface area contributed by atoms with E-state index in [9.17, 15) is 4.79 Å². The second kappa shape index (κ2) is 6.70. The van der Waals surface area contributed by atoms with E-state index in [2.05, 4.69) is 26.6 Å². The molecule has 1 aliphatic rings. The van der Waals surface area contributed by atoms with Crippen molar-refractivity contribution in [3.8, 4) is 10.6 Å². The maximum absolute atomic E-state index is 12.5. The van der Waals surface area contributed by atoms with Gasteiger partial charge in [-0.2, -0.15) is 0 Å². The molecule has 0 fully saturated rings. The van der Waals surface area contributed by atoms with Gasteiger partial charge in [-0.3, -0.25) is 9.78 Å². The highest BCUT2D eigenvalue weighted by molar-refractivity contribution is 8.02. The van der Waals surface area contributed by atoms with Crippen molar-refractivity contribution in [1.29, 1.82) is 0 Å². The average Bonchev–Trinajstić information content (AvgIpc) is 3.02. The number of thioether (sulfide) groups is 1. The second-order valence-corrected chi connectivity index (χ2v) is 7.83. The maximum Gasteiger partial charge on any atom is 0.237 e. The van der Waals surface area contributed by atoms with Gasteiger partial charge in [0, 0.05) is 23.6 Å². The van der Waals surface area contributed by atoms with Gasteiger partial charge in [0.15, 0.2) is 4.34 Å². The van der Waals surface area contributed by atoms with Crippen LogP contribution in [0.3, 0.4) is 0 Å². The van der Waals surface area contributed by atoms with Gasteiger partial charge in [-0.15, -0.1) is 10.2 Å². The zero-order chi connectivity index (χ0) is 16.4. The number of nitrogens with zero attached hydrogens (tertiary/aromatic N) is 3. The van der Waals surface area contributed by atoms with Crippen LogP contribution in [0.25, 0.3) is 10.6 Å². The first-order chi connectivity index (χ1) is 11.8. The summed E-state index contributed by atoms with van der Waals surface area (Å²) >= 11 is 2.98. The summed E-state index contributed by atoms with van der Waals surface area (Å²) in [6.45, 7) is 0. The van der Waals surface area contributed by atoms with Gasteiger partial charge in [-0.05, 0) is 36.6 Å². The number of carbonyl (C=O) groups excluding carboxylic acids is 1. The Morgan fingerprint density at radius 2 is 2.08 bits per heavy atom. The van der Waals surface area contributed by atoms with Gasteiger partial charge in [-0.1, -0.05) is 41.3 Å². The first kappa shape index (κ1) is 15.3. The third kappa shape index (κ3) is 3.18. The Kier molecular flexibility index (Phi) is 4.27. The highest BCUT2D eigenvalue weighted by Crippen LogP contribution is 2.35.